The highest BCUT2D eigenvalue weighted by Crippen LogP contribution is 2.27. The van der Waals surface area contributed by atoms with Crippen molar-refractivity contribution in [3.05, 3.63) is 29.8 Å². The number of carbonyl (C=O) groups excluding carboxylic acids is 1. The van der Waals surface area contributed by atoms with E-state index in [1.807, 2.05) is 6.92 Å². The Morgan fingerprint density at radius 3 is 2.54 bits per heavy atom. The molecule has 0 spiro atoms. The van der Waals surface area contributed by atoms with E-state index in [1.54, 1.807) is 30.1 Å². The van der Waals surface area contributed by atoms with Crippen molar-refractivity contribution in [2.45, 2.75) is 68.9 Å². The minimum atomic E-state index is -3.61. The second-order valence-corrected chi connectivity index (χ2v) is 9.82. The molecule has 7 heteroatoms. The summed E-state index contributed by atoms with van der Waals surface area (Å²) in [5, 5.41) is 0. The molecule has 1 aromatic carbocycles. The van der Waals surface area contributed by atoms with E-state index >= 15 is 0 Å². The van der Waals surface area contributed by atoms with Crippen LogP contribution in [0.4, 0.5) is 0 Å². The van der Waals surface area contributed by atoms with Crippen LogP contribution in [0.1, 0.15) is 62.2 Å². The number of benzene rings is 1. The minimum absolute atomic E-state index is 0.0461. The maximum atomic E-state index is 13.1. The van der Waals surface area contributed by atoms with E-state index in [0.717, 1.165) is 45.1 Å². The first-order valence-electron chi connectivity index (χ1n) is 10.4. The molecule has 1 aromatic rings. The normalized spacial score (nSPS) is 21.2. The number of sulfonamides is 1. The van der Waals surface area contributed by atoms with Gasteiger partial charge in [0.15, 0.2) is 0 Å². The molecule has 0 bridgehead atoms. The van der Waals surface area contributed by atoms with Gasteiger partial charge >= 0.3 is 0 Å². The maximum Gasteiger partial charge on any atom is 0.253 e. The Balaban J connectivity index is 1.77. The van der Waals surface area contributed by atoms with Crippen molar-refractivity contribution in [1.82, 2.24) is 9.21 Å². The van der Waals surface area contributed by atoms with E-state index < -0.39 is 10.0 Å². The van der Waals surface area contributed by atoms with Crippen LogP contribution < -0.4 is 0 Å². The highest BCUT2D eigenvalue weighted by molar-refractivity contribution is 7.89. The van der Waals surface area contributed by atoms with Crippen LogP contribution in [0.2, 0.25) is 0 Å². The second-order valence-electron chi connectivity index (χ2n) is 7.82. The molecule has 0 aromatic heterocycles. The van der Waals surface area contributed by atoms with Crippen LogP contribution in [-0.4, -0.2) is 62.4 Å². The molecule has 1 amide bonds. The summed E-state index contributed by atoms with van der Waals surface area (Å²) in [4.78, 5) is 14.9. The monoisotopic (exact) mass is 408 g/mol. The van der Waals surface area contributed by atoms with Crippen molar-refractivity contribution in [1.29, 1.82) is 0 Å². The van der Waals surface area contributed by atoms with Crippen molar-refractivity contribution in [3.8, 4) is 0 Å². The van der Waals surface area contributed by atoms with Gasteiger partial charge in [-0.3, -0.25) is 4.79 Å². The van der Waals surface area contributed by atoms with Gasteiger partial charge in [-0.25, -0.2) is 8.42 Å². The molecule has 3 rings (SSSR count). The van der Waals surface area contributed by atoms with Crippen LogP contribution in [0.15, 0.2) is 29.2 Å². The van der Waals surface area contributed by atoms with Gasteiger partial charge in [0.1, 0.15) is 0 Å². The summed E-state index contributed by atoms with van der Waals surface area (Å²) in [5.74, 6) is -0.143. The lowest BCUT2D eigenvalue weighted by molar-refractivity contribution is 0.0539. The Morgan fingerprint density at radius 2 is 1.89 bits per heavy atom. The molecule has 28 heavy (non-hydrogen) atoms. The SMILES string of the molecule is CCN(CC1CCCO1)C(=O)c1cccc(S(=O)(=O)N(C)C2CCCCC2)c1. The first kappa shape index (κ1) is 21.3. The minimum Gasteiger partial charge on any atom is -0.376 e. The van der Waals surface area contributed by atoms with Crippen LogP contribution in [0.25, 0.3) is 0 Å². The zero-order chi connectivity index (χ0) is 20.1. The maximum absolute atomic E-state index is 13.1. The Labute approximate surface area is 168 Å². The first-order valence-corrected chi connectivity index (χ1v) is 11.9. The van der Waals surface area contributed by atoms with Crippen LogP contribution in [-0.2, 0) is 14.8 Å². The van der Waals surface area contributed by atoms with E-state index in [4.69, 9.17) is 4.74 Å². The van der Waals surface area contributed by atoms with Gasteiger partial charge in [0.2, 0.25) is 10.0 Å². The standard InChI is InChI=1S/C21H32N2O4S/c1-3-23(16-19-12-8-14-27-19)21(24)17-9-7-13-20(15-17)28(25,26)22(2)18-10-5-4-6-11-18/h7,9,13,15,18-19H,3-6,8,10-12,14,16H2,1-2H3. The molecule has 1 unspecified atom stereocenters. The smallest absolute Gasteiger partial charge is 0.253 e. The lowest BCUT2D eigenvalue weighted by Crippen LogP contribution is -2.39. The summed E-state index contributed by atoms with van der Waals surface area (Å²) in [6, 6.07) is 6.51. The Morgan fingerprint density at radius 1 is 1.14 bits per heavy atom. The summed E-state index contributed by atoms with van der Waals surface area (Å²) in [6.07, 6.45) is 7.18. The van der Waals surface area contributed by atoms with Crippen LogP contribution in [0.5, 0.6) is 0 Å². The van der Waals surface area contributed by atoms with E-state index in [0.29, 0.717) is 18.7 Å². The van der Waals surface area contributed by atoms with Crippen molar-refractivity contribution in [2.75, 3.05) is 26.7 Å². The van der Waals surface area contributed by atoms with Crippen molar-refractivity contribution in [2.24, 2.45) is 0 Å². The lowest BCUT2D eigenvalue weighted by Gasteiger charge is -2.30. The fourth-order valence-electron chi connectivity index (χ4n) is 4.17. The van der Waals surface area contributed by atoms with E-state index in [-0.39, 0.29) is 22.9 Å². The second kappa shape index (κ2) is 9.37. The molecule has 1 heterocycles. The number of amides is 1. The fourth-order valence-corrected chi connectivity index (χ4v) is 5.63. The predicted molar refractivity (Wildman–Crippen MR) is 109 cm³/mol. The highest BCUT2D eigenvalue weighted by atomic mass is 32.2. The average Bonchev–Trinajstić information content (AvgIpc) is 3.25. The van der Waals surface area contributed by atoms with Gasteiger partial charge in [-0.15, -0.1) is 0 Å². The number of ether oxygens (including phenoxy) is 1. The van der Waals surface area contributed by atoms with Crippen LogP contribution in [0, 0.1) is 0 Å². The molecule has 1 atom stereocenters. The topological polar surface area (TPSA) is 66.9 Å². The number of rotatable bonds is 7. The van der Waals surface area contributed by atoms with Crippen molar-refractivity contribution < 1.29 is 17.9 Å². The molecule has 1 aliphatic heterocycles. The third-order valence-corrected chi connectivity index (χ3v) is 7.87. The first-order chi connectivity index (χ1) is 13.4. The summed E-state index contributed by atoms with van der Waals surface area (Å²) >= 11 is 0. The lowest BCUT2D eigenvalue weighted by atomic mass is 9.96. The van der Waals surface area contributed by atoms with E-state index in [2.05, 4.69) is 0 Å². The van der Waals surface area contributed by atoms with Gasteiger partial charge in [0.05, 0.1) is 11.0 Å². The Hall–Kier alpha value is -1.44. The zero-order valence-corrected chi connectivity index (χ0v) is 17.8. The quantitative estimate of drug-likeness (QED) is 0.694. The molecular formula is C21H32N2O4S. The third-order valence-electron chi connectivity index (χ3n) is 5.96. The Bertz CT molecular complexity index is 768. The van der Waals surface area contributed by atoms with Gasteiger partial charge in [0.25, 0.3) is 5.91 Å². The number of likely N-dealkylation sites (N-methyl/N-ethyl adjacent to an activating group) is 1. The largest absolute Gasteiger partial charge is 0.376 e. The van der Waals surface area contributed by atoms with Crippen molar-refractivity contribution in [3.63, 3.8) is 0 Å². The molecule has 2 fully saturated rings. The van der Waals surface area contributed by atoms with Gasteiger partial charge in [-0.05, 0) is 50.8 Å². The van der Waals surface area contributed by atoms with Crippen LogP contribution in [0.3, 0.4) is 0 Å². The Kier molecular flexibility index (Phi) is 7.12. The molecule has 156 valence electrons. The van der Waals surface area contributed by atoms with E-state index in [9.17, 15) is 13.2 Å². The molecule has 6 nitrogen and oxygen atoms in total. The van der Waals surface area contributed by atoms with Gasteiger partial charge in [-0.2, -0.15) is 4.31 Å². The summed E-state index contributed by atoms with van der Waals surface area (Å²) in [7, 11) is -1.95. The molecule has 1 saturated heterocycles. The number of nitrogens with zero attached hydrogens (tertiary/aromatic N) is 2. The summed E-state index contributed by atoms with van der Waals surface area (Å²) in [6.45, 7) is 3.80. The molecular weight excluding hydrogens is 376 g/mol. The molecule has 1 aliphatic carbocycles. The number of hydrogen-bond acceptors (Lipinski definition) is 4. The third kappa shape index (κ3) is 4.75. The van der Waals surface area contributed by atoms with Gasteiger partial charge < -0.3 is 9.64 Å². The van der Waals surface area contributed by atoms with Gasteiger partial charge in [-0.1, -0.05) is 25.3 Å². The average molecular weight is 409 g/mol. The number of hydrogen-bond donors (Lipinski definition) is 0. The van der Waals surface area contributed by atoms with Crippen molar-refractivity contribution >= 4 is 15.9 Å². The van der Waals surface area contributed by atoms with Gasteiger partial charge in [0, 0.05) is 38.3 Å². The zero-order valence-electron chi connectivity index (χ0n) is 17.0. The summed E-state index contributed by atoms with van der Waals surface area (Å²) < 4.78 is 33.4. The fraction of sp³-hybridized carbons (Fsp3) is 0.667. The summed E-state index contributed by atoms with van der Waals surface area (Å²) in [5.41, 5.74) is 0.415. The molecule has 0 N–H and O–H groups in total. The molecule has 2 aliphatic rings. The van der Waals surface area contributed by atoms with Crippen LogP contribution >= 0.6 is 0 Å². The highest BCUT2D eigenvalue weighted by Gasteiger charge is 2.30. The molecule has 0 radical (unpaired) electrons. The van der Waals surface area contributed by atoms with E-state index in [1.165, 1.54) is 16.8 Å². The molecule has 1 saturated carbocycles. The number of carbonyl (C=O) groups is 1. The predicted octanol–water partition coefficient (Wildman–Crippen LogP) is 3.28.